The van der Waals surface area contributed by atoms with Gasteiger partial charge in [-0.05, 0) is 79.9 Å². The van der Waals surface area contributed by atoms with Gasteiger partial charge in [-0.25, -0.2) is 4.99 Å². The van der Waals surface area contributed by atoms with Crippen molar-refractivity contribution in [3.63, 3.8) is 0 Å². The number of nitrogens with zero attached hydrogens (tertiary/aromatic N) is 4. The second-order valence-corrected chi connectivity index (χ2v) is 13.7. The maximum Gasteiger partial charge on any atom is 0.253 e. The van der Waals surface area contributed by atoms with E-state index >= 15 is 4.79 Å². The first kappa shape index (κ1) is 35.4. The lowest BCUT2D eigenvalue weighted by atomic mass is 9.80. The maximum atomic E-state index is 15.5. The van der Waals surface area contributed by atoms with E-state index in [-0.39, 0.29) is 25.5 Å². The highest BCUT2D eigenvalue weighted by Crippen LogP contribution is 2.47. The smallest absolute Gasteiger partial charge is 0.253 e. The second-order valence-electron chi connectivity index (χ2n) is 13.7. The number of hydrogen-bond acceptors (Lipinski definition) is 6. The highest BCUT2D eigenvalue weighted by Gasteiger charge is 2.54. The molecule has 272 valence electrons. The van der Waals surface area contributed by atoms with E-state index < -0.39 is 17.7 Å². The van der Waals surface area contributed by atoms with E-state index in [1.54, 1.807) is 0 Å². The van der Waals surface area contributed by atoms with Gasteiger partial charge in [0.25, 0.3) is 5.91 Å². The van der Waals surface area contributed by atoms with E-state index in [1.807, 2.05) is 115 Å². The number of amides is 1. The Morgan fingerprint density at radius 1 is 0.764 bits per heavy atom. The first-order chi connectivity index (χ1) is 27.1. The van der Waals surface area contributed by atoms with Gasteiger partial charge in [-0.15, -0.1) is 0 Å². The largest absolute Gasteiger partial charge is 0.494 e. The molecule has 0 saturated carbocycles. The van der Waals surface area contributed by atoms with Crippen LogP contribution >= 0.6 is 0 Å². The van der Waals surface area contributed by atoms with E-state index in [1.165, 1.54) is 0 Å². The normalized spacial score (nSPS) is 17.0. The number of aliphatic hydroxyl groups is 1. The van der Waals surface area contributed by atoms with Crippen LogP contribution in [0.1, 0.15) is 51.9 Å². The van der Waals surface area contributed by atoms with Gasteiger partial charge in [0.15, 0.2) is 11.6 Å². The van der Waals surface area contributed by atoms with Crippen molar-refractivity contribution in [1.29, 1.82) is 0 Å². The summed E-state index contributed by atoms with van der Waals surface area (Å²) in [6.07, 6.45) is -0.132. The van der Waals surface area contributed by atoms with Gasteiger partial charge in [-0.3, -0.25) is 4.79 Å². The maximum absolute atomic E-state index is 15.5. The first-order valence-electron chi connectivity index (χ1n) is 18.4. The highest BCUT2D eigenvalue weighted by atomic mass is 16.5. The third kappa shape index (κ3) is 7.06. The number of rotatable bonds is 13. The van der Waals surface area contributed by atoms with Crippen LogP contribution in [0.3, 0.4) is 0 Å². The number of carbonyl (C=O) groups is 1. The van der Waals surface area contributed by atoms with Crippen LogP contribution in [0.4, 0.5) is 0 Å². The topological polar surface area (TPSA) is 129 Å². The quantitative estimate of drug-likeness (QED) is 0.0532. The van der Waals surface area contributed by atoms with Gasteiger partial charge in [0, 0.05) is 29.9 Å². The Bertz CT molecular complexity index is 2350. The van der Waals surface area contributed by atoms with Crippen LogP contribution in [0.15, 0.2) is 162 Å². The SMILES string of the molecule is [N-]=[N+]=NCc1ccccc1C[C@@]1(C(=O)NC2c3ccccc3-c3ccccc32)N=C(c2ccc(OCCCO)cc2)O[C@@H]1c1ccc(-c2ccccc2)cc1. The molecular weight excluding hydrogens is 687 g/mol. The summed E-state index contributed by atoms with van der Waals surface area (Å²) in [6.45, 7) is 0.560. The van der Waals surface area contributed by atoms with Crippen molar-refractivity contribution in [2.75, 3.05) is 13.2 Å². The van der Waals surface area contributed by atoms with E-state index in [9.17, 15) is 10.6 Å². The minimum Gasteiger partial charge on any atom is -0.494 e. The third-order valence-electron chi connectivity index (χ3n) is 10.3. The molecule has 1 aliphatic carbocycles. The van der Waals surface area contributed by atoms with Crippen LogP contribution in [0, 0.1) is 0 Å². The van der Waals surface area contributed by atoms with Crippen LogP contribution in [0.5, 0.6) is 5.75 Å². The third-order valence-corrected chi connectivity index (χ3v) is 10.3. The number of ether oxygens (including phenoxy) is 2. The molecule has 8 rings (SSSR count). The summed E-state index contributed by atoms with van der Waals surface area (Å²) in [5.74, 6) is 0.686. The lowest BCUT2D eigenvalue weighted by Gasteiger charge is -2.33. The molecule has 6 aromatic carbocycles. The molecule has 1 heterocycles. The van der Waals surface area contributed by atoms with E-state index in [0.29, 0.717) is 30.2 Å². The lowest BCUT2D eigenvalue weighted by Crippen LogP contribution is -2.51. The molecular formula is C46H39N5O4. The fourth-order valence-electron chi connectivity index (χ4n) is 7.61. The molecule has 0 radical (unpaired) electrons. The molecule has 2 N–H and O–H groups in total. The molecule has 6 aromatic rings. The van der Waals surface area contributed by atoms with Crippen LogP contribution in [0.25, 0.3) is 32.7 Å². The van der Waals surface area contributed by atoms with Crippen molar-refractivity contribution >= 4 is 11.8 Å². The molecule has 0 bridgehead atoms. The van der Waals surface area contributed by atoms with E-state index in [0.717, 1.165) is 50.1 Å². The fraction of sp³-hybridized carbons (Fsp3) is 0.174. The van der Waals surface area contributed by atoms with Crippen molar-refractivity contribution in [3.8, 4) is 28.0 Å². The number of fused-ring (bicyclic) bond motifs is 3. The number of benzene rings is 6. The van der Waals surface area contributed by atoms with Gasteiger partial charge in [0.2, 0.25) is 5.90 Å². The van der Waals surface area contributed by atoms with Gasteiger partial charge in [-0.1, -0.05) is 133 Å². The van der Waals surface area contributed by atoms with E-state index in [4.69, 9.17) is 14.5 Å². The number of aliphatic imine (C=N–C) groups is 1. The predicted octanol–water partition coefficient (Wildman–Crippen LogP) is 9.31. The summed E-state index contributed by atoms with van der Waals surface area (Å²) < 4.78 is 12.7. The van der Waals surface area contributed by atoms with Crippen molar-refractivity contribution in [2.24, 2.45) is 10.1 Å². The fourth-order valence-corrected chi connectivity index (χ4v) is 7.61. The van der Waals surface area contributed by atoms with Crippen LogP contribution < -0.4 is 10.1 Å². The van der Waals surface area contributed by atoms with Crippen molar-refractivity contribution in [3.05, 3.63) is 195 Å². The average molecular weight is 726 g/mol. The molecule has 55 heavy (non-hydrogen) atoms. The Hall–Kier alpha value is -6.67. The van der Waals surface area contributed by atoms with Gasteiger partial charge in [0.1, 0.15) is 5.75 Å². The minimum atomic E-state index is -1.49. The summed E-state index contributed by atoms with van der Waals surface area (Å²) in [7, 11) is 0. The number of carbonyl (C=O) groups excluding carboxylic acids is 1. The van der Waals surface area contributed by atoms with Crippen molar-refractivity contribution < 1.29 is 19.4 Å². The second kappa shape index (κ2) is 15.7. The number of nitrogens with one attached hydrogen (secondary N) is 1. The van der Waals surface area contributed by atoms with Crippen LogP contribution in [-0.4, -0.2) is 35.7 Å². The summed E-state index contributed by atoms with van der Waals surface area (Å²) >= 11 is 0. The molecule has 1 aliphatic heterocycles. The van der Waals surface area contributed by atoms with Crippen LogP contribution in [-0.2, 0) is 22.5 Å². The number of azide groups is 1. The Balaban J connectivity index is 1.26. The number of hydrogen-bond donors (Lipinski definition) is 2. The molecule has 1 amide bonds. The van der Waals surface area contributed by atoms with Gasteiger partial charge in [0.05, 0.1) is 19.2 Å². The summed E-state index contributed by atoms with van der Waals surface area (Å²) in [5, 5.41) is 16.5. The van der Waals surface area contributed by atoms with Gasteiger partial charge < -0.3 is 19.9 Å². The molecule has 0 fully saturated rings. The molecule has 9 nitrogen and oxygen atoms in total. The van der Waals surface area contributed by atoms with Crippen molar-refractivity contribution in [2.45, 2.75) is 37.1 Å². The molecule has 0 spiro atoms. The van der Waals surface area contributed by atoms with Crippen LogP contribution in [0.2, 0.25) is 0 Å². The number of aliphatic hydroxyl groups excluding tert-OH is 1. The molecule has 0 unspecified atom stereocenters. The molecule has 2 atom stereocenters. The molecule has 0 saturated heterocycles. The van der Waals surface area contributed by atoms with E-state index in [2.05, 4.69) is 51.7 Å². The Kier molecular flexibility index (Phi) is 10.1. The standard InChI is InChI=1S/C46H39N5O4/c47-51-48-30-36-14-5-4-13-35(36)29-46(45(53)49-42-40-17-8-6-15-38(40)39-16-7-9-18-41(39)42)43(33-21-19-32(20-22-33)31-11-2-1-3-12-31)55-44(50-46)34-23-25-37(26-24-34)54-28-10-27-52/h1-9,11-26,42-43,52H,10,27-30H2,(H,49,53)/t43-,46-/m1/s1. The molecule has 9 heteroatoms. The summed E-state index contributed by atoms with van der Waals surface area (Å²) in [6, 6.07) is 49.3. The average Bonchev–Trinajstić information content (AvgIpc) is 3.78. The molecule has 0 aromatic heterocycles. The lowest BCUT2D eigenvalue weighted by molar-refractivity contribution is -0.129. The molecule has 2 aliphatic rings. The zero-order valence-electron chi connectivity index (χ0n) is 30.1. The Morgan fingerprint density at radius 2 is 1.36 bits per heavy atom. The monoisotopic (exact) mass is 725 g/mol. The summed E-state index contributed by atoms with van der Waals surface area (Å²) in [4.78, 5) is 23.8. The Labute approximate surface area is 319 Å². The predicted molar refractivity (Wildman–Crippen MR) is 213 cm³/mol. The van der Waals surface area contributed by atoms with Gasteiger partial charge in [-0.2, -0.15) is 0 Å². The van der Waals surface area contributed by atoms with Gasteiger partial charge >= 0.3 is 0 Å². The summed E-state index contributed by atoms with van der Waals surface area (Å²) in [5.41, 5.74) is 17.2. The highest BCUT2D eigenvalue weighted by molar-refractivity contribution is 6.01. The zero-order valence-corrected chi connectivity index (χ0v) is 30.1. The first-order valence-corrected chi connectivity index (χ1v) is 18.4. The Morgan fingerprint density at radius 3 is 2.04 bits per heavy atom. The zero-order chi connectivity index (χ0) is 37.6. The minimum absolute atomic E-state index is 0.0462. The van der Waals surface area contributed by atoms with Crippen molar-refractivity contribution in [1.82, 2.24) is 5.32 Å².